The molecule has 10 nitrogen and oxygen atoms in total. The van der Waals surface area contributed by atoms with Crippen molar-refractivity contribution in [2.75, 3.05) is 52.9 Å². The van der Waals surface area contributed by atoms with Crippen LogP contribution in [0.25, 0.3) is 32.7 Å². The Kier molecular flexibility index (Phi) is 19.3. The van der Waals surface area contributed by atoms with E-state index in [4.69, 9.17) is 47.9 Å². The SMILES string of the molecule is CC(C)(C)c1cc2c(OCc3ccccn3)c(c1)Cc1cc3cc(c1C(C)(C)C)Cc1cc(cc(c1C(C)(C)C)Cc1cc(C(C)(C)C)cc(c1OCc1ccccn1)C2)OCCOCCOc1ccc2ccccc2c1-c1c(ccc2ccccc12)OCCOCCO3. The maximum Gasteiger partial charge on any atom is 0.130 e. The van der Waals surface area contributed by atoms with Crippen molar-refractivity contribution in [3.63, 3.8) is 0 Å². The molecule has 1 aliphatic carbocycles. The molecule has 2 aromatic heterocycles. The van der Waals surface area contributed by atoms with Crippen LogP contribution in [0.4, 0.5) is 0 Å². The Bertz CT molecular complexity index is 4040. The largest absolute Gasteiger partial charge is 0.491 e. The number of fused-ring (bicyclic) bond motifs is 15. The third-order valence-electron chi connectivity index (χ3n) is 18.0. The molecule has 3 heterocycles. The fraction of sp³-hybridized carbons (Fsp3) is 0.357. The van der Waals surface area contributed by atoms with Crippen LogP contribution in [-0.4, -0.2) is 62.8 Å². The Hall–Kier alpha value is -8.70. The summed E-state index contributed by atoms with van der Waals surface area (Å²) in [5, 5.41) is 4.35. The van der Waals surface area contributed by atoms with Crippen LogP contribution in [-0.2, 0) is 70.0 Å². The Labute approximate surface area is 556 Å². The molecule has 1 aliphatic heterocycles. The van der Waals surface area contributed by atoms with Crippen molar-refractivity contribution < 1.29 is 37.9 Å². The van der Waals surface area contributed by atoms with E-state index in [2.05, 4.69) is 204 Å². The molecular formula is C84H92N2O8. The molecule has 2 aliphatic rings. The fourth-order valence-corrected chi connectivity index (χ4v) is 13.8. The highest BCUT2D eigenvalue weighted by Gasteiger charge is 2.32. The van der Waals surface area contributed by atoms with Crippen LogP contribution in [0.15, 0.2) is 170 Å². The molecule has 0 atom stereocenters. The van der Waals surface area contributed by atoms with E-state index in [-0.39, 0.29) is 21.7 Å². The third kappa shape index (κ3) is 15.1. The molecule has 0 saturated carbocycles. The zero-order valence-electron chi connectivity index (χ0n) is 57.2. The molecule has 10 bridgehead atoms. The standard InChI is InChI=1S/C84H92N2O8/c1-81(2,3)65-45-61-42-59-51-69-49-57(77(59)83(7,8)9)41-58-50-70(90-38-34-88-36-40-92-74-30-28-56-22-14-16-26-72(56)76(74)75-71-25-15-13-21-55(71)27-29-73(75)91-39-35-87-33-37-89-69)52-60(78(58)84(10,11)12)43-62-46-66(82(4,5)6)48-64(80(62)94-54-68-24-18-20-32-86-68)44-63(47-65)79(61)93-53-67-23-17-19-31-85-67/h13-32,45-52H,33-44,53-54H2,1-12H3. The van der Waals surface area contributed by atoms with Gasteiger partial charge >= 0.3 is 0 Å². The zero-order valence-corrected chi connectivity index (χ0v) is 57.2. The first-order valence-corrected chi connectivity index (χ1v) is 33.5. The van der Waals surface area contributed by atoms with E-state index in [0.717, 1.165) is 101 Å². The summed E-state index contributed by atoms with van der Waals surface area (Å²) in [5.74, 6) is 4.76. The van der Waals surface area contributed by atoms with Crippen molar-refractivity contribution in [2.45, 2.75) is 144 Å². The molecule has 10 heteroatoms. The van der Waals surface area contributed by atoms with E-state index in [9.17, 15) is 0 Å². The first-order chi connectivity index (χ1) is 45.1. The lowest BCUT2D eigenvalue weighted by Gasteiger charge is -2.32. The average molecular weight is 1260 g/mol. The summed E-state index contributed by atoms with van der Waals surface area (Å²) in [6, 6.07) is 56.0. The average Bonchev–Trinajstić information content (AvgIpc) is 0.770. The summed E-state index contributed by atoms with van der Waals surface area (Å²) < 4.78 is 54.9. The van der Waals surface area contributed by atoms with E-state index in [1.54, 1.807) is 0 Å². The minimum absolute atomic E-state index is 0.214. The van der Waals surface area contributed by atoms with Gasteiger partial charge in [-0.1, -0.05) is 180 Å². The maximum atomic E-state index is 7.29. The van der Waals surface area contributed by atoms with Gasteiger partial charge in [-0.15, -0.1) is 0 Å². The van der Waals surface area contributed by atoms with Crippen molar-refractivity contribution in [3.8, 4) is 45.6 Å². The Morgan fingerprint density at radius 1 is 0.340 bits per heavy atom. The molecule has 8 aromatic carbocycles. The Morgan fingerprint density at radius 3 is 1.03 bits per heavy atom. The van der Waals surface area contributed by atoms with E-state index in [0.29, 0.717) is 91.8 Å². The van der Waals surface area contributed by atoms with Crippen molar-refractivity contribution in [2.24, 2.45) is 0 Å². The third-order valence-corrected chi connectivity index (χ3v) is 18.0. The van der Waals surface area contributed by atoms with Gasteiger partial charge in [-0.3, -0.25) is 9.97 Å². The van der Waals surface area contributed by atoms with Crippen LogP contribution in [0.3, 0.4) is 0 Å². The summed E-state index contributed by atoms with van der Waals surface area (Å²) in [6.07, 6.45) is 5.95. The number of nitrogens with zero attached hydrogens (tertiary/aromatic N) is 2. The molecule has 0 saturated heterocycles. The first kappa shape index (κ1) is 65.4. The number of hydrogen-bond acceptors (Lipinski definition) is 10. The van der Waals surface area contributed by atoms with Crippen LogP contribution in [0.1, 0.15) is 161 Å². The van der Waals surface area contributed by atoms with Gasteiger partial charge in [-0.05, 0) is 177 Å². The molecule has 0 fully saturated rings. The van der Waals surface area contributed by atoms with Gasteiger partial charge in [0.1, 0.15) is 74.1 Å². The summed E-state index contributed by atoms with van der Waals surface area (Å²) in [5.41, 5.74) is 16.6. The van der Waals surface area contributed by atoms with E-state index < -0.39 is 0 Å². The predicted molar refractivity (Wildman–Crippen MR) is 379 cm³/mol. The minimum atomic E-state index is -0.307. The lowest BCUT2D eigenvalue weighted by atomic mass is 9.74. The smallest absolute Gasteiger partial charge is 0.130 e. The Balaban J connectivity index is 1.03. The second-order valence-electron chi connectivity index (χ2n) is 29.3. The number of ether oxygens (including phenoxy) is 8. The molecule has 0 unspecified atom stereocenters. The summed E-state index contributed by atoms with van der Waals surface area (Å²) >= 11 is 0. The van der Waals surface area contributed by atoms with Crippen molar-refractivity contribution in [1.82, 2.24) is 9.97 Å². The van der Waals surface area contributed by atoms with Gasteiger partial charge in [-0.25, -0.2) is 0 Å². The van der Waals surface area contributed by atoms with Gasteiger partial charge in [0.05, 0.1) is 37.8 Å². The van der Waals surface area contributed by atoms with E-state index in [1.807, 2.05) is 48.8 Å². The maximum absolute atomic E-state index is 7.29. The van der Waals surface area contributed by atoms with Crippen LogP contribution in [0.5, 0.6) is 34.5 Å². The number of benzene rings is 8. The number of rotatable bonds is 6. The normalized spacial score (nSPS) is 14.6. The van der Waals surface area contributed by atoms with Crippen LogP contribution < -0.4 is 28.4 Å². The van der Waals surface area contributed by atoms with E-state index >= 15 is 0 Å². The second kappa shape index (κ2) is 27.7. The van der Waals surface area contributed by atoms with E-state index in [1.165, 1.54) is 44.5 Å². The fourth-order valence-electron chi connectivity index (χ4n) is 13.8. The highest BCUT2D eigenvalue weighted by atomic mass is 16.6. The monoisotopic (exact) mass is 1260 g/mol. The summed E-state index contributed by atoms with van der Waals surface area (Å²) in [4.78, 5) is 9.54. The molecule has 0 spiro atoms. The van der Waals surface area contributed by atoms with Crippen LogP contribution in [0.2, 0.25) is 0 Å². The van der Waals surface area contributed by atoms with Gasteiger partial charge < -0.3 is 37.9 Å². The minimum Gasteiger partial charge on any atom is -0.491 e. The molecule has 486 valence electrons. The zero-order chi connectivity index (χ0) is 65.8. The topological polar surface area (TPSA) is 99.6 Å². The number of aromatic nitrogens is 2. The van der Waals surface area contributed by atoms with Gasteiger partial charge in [-0.2, -0.15) is 0 Å². The van der Waals surface area contributed by atoms with Gasteiger partial charge in [0, 0.05) is 42.8 Å². The lowest BCUT2D eigenvalue weighted by Crippen LogP contribution is -2.22. The molecule has 0 N–H and O–H groups in total. The molecule has 12 rings (SSSR count). The van der Waals surface area contributed by atoms with Crippen LogP contribution in [0, 0.1) is 0 Å². The van der Waals surface area contributed by atoms with Gasteiger partial charge in [0.25, 0.3) is 0 Å². The highest BCUT2D eigenvalue weighted by molar-refractivity contribution is 6.09. The quantitative estimate of drug-likeness (QED) is 0.160. The molecular weight excluding hydrogens is 1160 g/mol. The number of hydrogen-bond donors (Lipinski definition) is 0. The molecule has 94 heavy (non-hydrogen) atoms. The Morgan fingerprint density at radius 2 is 0.681 bits per heavy atom. The highest BCUT2D eigenvalue weighted by Crippen LogP contribution is 2.48. The van der Waals surface area contributed by atoms with Gasteiger partial charge in [0.2, 0.25) is 0 Å². The molecule has 0 amide bonds. The molecule has 0 radical (unpaired) electrons. The predicted octanol–water partition coefficient (Wildman–Crippen LogP) is 18.7. The summed E-state index contributed by atoms with van der Waals surface area (Å²) in [7, 11) is 0. The van der Waals surface area contributed by atoms with Crippen molar-refractivity contribution in [3.05, 3.63) is 248 Å². The lowest BCUT2D eigenvalue weighted by molar-refractivity contribution is 0.0761. The second-order valence-corrected chi connectivity index (χ2v) is 29.3. The van der Waals surface area contributed by atoms with Crippen molar-refractivity contribution >= 4 is 21.5 Å². The van der Waals surface area contributed by atoms with Crippen molar-refractivity contribution in [1.29, 1.82) is 0 Å². The first-order valence-electron chi connectivity index (χ1n) is 33.5. The molecule has 10 aromatic rings. The van der Waals surface area contributed by atoms with Crippen LogP contribution >= 0.6 is 0 Å². The summed E-state index contributed by atoms with van der Waals surface area (Å²) in [6.45, 7) is 31.2. The van der Waals surface area contributed by atoms with Gasteiger partial charge in [0.15, 0.2) is 0 Å². The number of pyridine rings is 2.